The molecule has 4 aromatic rings. The van der Waals surface area contributed by atoms with Crippen molar-refractivity contribution in [1.29, 1.82) is 0 Å². The van der Waals surface area contributed by atoms with Gasteiger partial charge in [0.25, 0.3) is 17.7 Å². The van der Waals surface area contributed by atoms with E-state index in [9.17, 15) is 18.8 Å². The molecule has 3 heterocycles. The number of nitrogens with zero attached hydrogens (tertiary/aromatic N) is 3. The Bertz CT molecular complexity index is 1830. The summed E-state index contributed by atoms with van der Waals surface area (Å²) in [6.07, 6.45) is 2.86. The van der Waals surface area contributed by atoms with Crippen molar-refractivity contribution in [3.05, 3.63) is 99.8 Å². The number of aromatic nitrogens is 2. The maximum absolute atomic E-state index is 13.6. The highest BCUT2D eigenvalue weighted by Crippen LogP contribution is 2.24. The minimum Gasteiger partial charge on any atom is -0.397 e. The largest absolute Gasteiger partial charge is 0.397 e. The Balaban J connectivity index is 1.13. The zero-order valence-corrected chi connectivity index (χ0v) is 24.2. The van der Waals surface area contributed by atoms with Crippen molar-refractivity contribution in [2.75, 3.05) is 34.8 Å². The number of pyridine rings is 1. The first-order valence-electron chi connectivity index (χ1n) is 13.7. The van der Waals surface area contributed by atoms with Gasteiger partial charge in [-0.2, -0.15) is 5.10 Å². The van der Waals surface area contributed by atoms with Crippen LogP contribution in [0.5, 0.6) is 0 Å². The molecule has 0 radical (unpaired) electrons. The van der Waals surface area contributed by atoms with E-state index in [4.69, 9.17) is 5.73 Å². The Hall–Kier alpha value is -5.85. The Kier molecular flexibility index (Phi) is 8.47. The second-order valence-electron chi connectivity index (χ2n) is 10.2. The van der Waals surface area contributed by atoms with Gasteiger partial charge >= 0.3 is 0 Å². The highest BCUT2D eigenvalue weighted by Gasteiger charge is 2.26. The van der Waals surface area contributed by atoms with Crippen LogP contribution in [0.3, 0.4) is 0 Å². The molecule has 0 saturated heterocycles. The van der Waals surface area contributed by atoms with Crippen LogP contribution in [0.15, 0.2) is 64.9 Å². The van der Waals surface area contributed by atoms with E-state index in [-0.39, 0.29) is 17.5 Å². The molecule has 3 amide bonds. The quantitative estimate of drug-likeness (QED) is 0.0739. The molecular weight excluding hydrogens is 565 g/mol. The summed E-state index contributed by atoms with van der Waals surface area (Å²) < 4.78 is 13.6. The molecule has 1 aliphatic heterocycles. The first-order valence-corrected chi connectivity index (χ1v) is 13.7. The topological polar surface area (TPSA) is 179 Å². The summed E-state index contributed by atoms with van der Waals surface area (Å²) >= 11 is 0. The molecular formula is C31H30FN9O3. The highest BCUT2D eigenvalue weighted by molar-refractivity contribution is 6.53. The first kappa shape index (κ1) is 29.6. The number of nitrogen functional groups attached to an aromatic ring is 1. The third-order valence-corrected chi connectivity index (χ3v) is 6.95. The summed E-state index contributed by atoms with van der Waals surface area (Å²) in [5.41, 5.74) is 11.5. The van der Waals surface area contributed by atoms with Gasteiger partial charge in [0, 0.05) is 30.5 Å². The average molecular weight is 596 g/mol. The van der Waals surface area contributed by atoms with Crippen molar-refractivity contribution < 1.29 is 18.8 Å². The molecule has 5 rings (SSSR count). The van der Waals surface area contributed by atoms with Gasteiger partial charge < -0.3 is 32.0 Å². The Morgan fingerprint density at radius 1 is 1.05 bits per heavy atom. The lowest BCUT2D eigenvalue weighted by Gasteiger charge is -2.10. The fourth-order valence-corrected chi connectivity index (χ4v) is 4.69. The third-order valence-electron chi connectivity index (χ3n) is 6.95. The number of carbonyl (C=O) groups excluding carboxylic acids is 3. The molecule has 12 nitrogen and oxygen atoms in total. The second-order valence-corrected chi connectivity index (χ2v) is 10.2. The Morgan fingerprint density at radius 3 is 2.61 bits per heavy atom. The Morgan fingerprint density at radius 2 is 1.86 bits per heavy atom. The molecule has 1 aliphatic rings. The predicted molar refractivity (Wildman–Crippen MR) is 168 cm³/mol. The number of carbonyl (C=O) groups is 3. The van der Waals surface area contributed by atoms with E-state index < -0.39 is 11.7 Å². The molecule has 0 unspecified atom stereocenters. The van der Waals surface area contributed by atoms with Gasteiger partial charge in [-0.05, 0) is 74.4 Å². The van der Waals surface area contributed by atoms with E-state index in [1.807, 2.05) is 13.0 Å². The fourth-order valence-electron chi connectivity index (χ4n) is 4.69. The monoisotopic (exact) mass is 595 g/mol. The number of fused-ring (bicyclic) bond motifs is 1. The number of nitrogens with one attached hydrogen (secondary N) is 5. The van der Waals surface area contributed by atoms with E-state index in [2.05, 4.69) is 41.4 Å². The number of hydrogen-bond donors (Lipinski definition) is 6. The van der Waals surface area contributed by atoms with Crippen LogP contribution in [0.2, 0.25) is 0 Å². The SMILES string of the molecule is Cc1ccc(NC(=O)c2ccc(NCCNC(=O)c3c(C)[nH]c(/C=N/N=C4\C(=O)Nc5ccc(F)cc54)c3C)nc2)c(N)c1. The zero-order valence-electron chi connectivity index (χ0n) is 24.2. The number of aromatic amines is 1. The standard InChI is InChI=1S/C31H30FN9O3/c1-16-4-7-24(22(33)12-16)40-29(42)19-5-9-26(36-14-19)34-10-11-35-30(43)27-17(2)25(38-18(27)3)15-37-41-28-21-13-20(32)6-8-23(21)39-31(28)44/h4-9,12-15,38H,10-11,33H2,1-3H3,(H,34,36)(H,35,43)(H,40,42)(H,39,41,44)/b37-15+. The van der Waals surface area contributed by atoms with Crippen molar-refractivity contribution >= 4 is 52.5 Å². The average Bonchev–Trinajstić information content (AvgIpc) is 3.46. The molecule has 0 aliphatic carbocycles. The van der Waals surface area contributed by atoms with Crippen LogP contribution in [0.4, 0.5) is 27.3 Å². The lowest BCUT2D eigenvalue weighted by Crippen LogP contribution is -2.29. The number of halogens is 1. The van der Waals surface area contributed by atoms with Gasteiger partial charge in [0.1, 0.15) is 11.6 Å². The lowest BCUT2D eigenvalue weighted by atomic mass is 10.1. The van der Waals surface area contributed by atoms with Crippen LogP contribution < -0.4 is 27.0 Å². The number of benzene rings is 2. The zero-order chi connectivity index (χ0) is 31.4. The number of H-pyrrole nitrogens is 1. The maximum atomic E-state index is 13.6. The molecule has 7 N–H and O–H groups in total. The van der Waals surface area contributed by atoms with Gasteiger partial charge in [-0.15, -0.1) is 5.10 Å². The van der Waals surface area contributed by atoms with Crippen LogP contribution in [-0.4, -0.2) is 52.7 Å². The van der Waals surface area contributed by atoms with Crippen LogP contribution in [-0.2, 0) is 4.79 Å². The van der Waals surface area contributed by atoms with Gasteiger partial charge in [-0.25, -0.2) is 9.37 Å². The molecule has 2 aromatic heterocycles. The number of anilines is 4. The van der Waals surface area contributed by atoms with Crippen molar-refractivity contribution in [2.24, 2.45) is 10.2 Å². The number of rotatable bonds is 9. The molecule has 0 saturated carbocycles. The second kappa shape index (κ2) is 12.6. The smallest absolute Gasteiger partial charge is 0.276 e. The van der Waals surface area contributed by atoms with E-state index in [1.165, 1.54) is 30.6 Å². The summed E-state index contributed by atoms with van der Waals surface area (Å²) in [6.45, 7) is 6.15. The van der Waals surface area contributed by atoms with Gasteiger partial charge in [0.2, 0.25) is 0 Å². The third kappa shape index (κ3) is 6.46. The number of aryl methyl sites for hydroxylation is 2. The molecule has 2 aromatic carbocycles. The van der Waals surface area contributed by atoms with Crippen molar-refractivity contribution in [2.45, 2.75) is 20.8 Å². The van der Waals surface area contributed by atoms with Gasteiger partial charge in [0.15, 0.2) is 5.71 Å². The molecule has 0 bridgehead atoms. The van der Waals surface area contributed by atoms with Crippen LogP contribution in [0.25, 0.3) is 0 Å². The van der Waals surface area contributed by atoms with E-state index in [0.29, 0.717) is 69.6 Å². The van der Waals surface area contributed by atoms with E-state index >= 15 is 0 Å². The van der Waals surface area contributed by atoms with Gasteiger partial charge in [-0.1, -0.05) is 6.07 Å². The summed E-state index contributed by atoms with van der Waals surface area (Å²) in [5, 5.41) is 19.4. The van der Waals surface area contributed by atoms with Crippen LogP contribution in [0.1, 0.15) is 48.8 Å². The maximum Gasteiger partial charge on any atom is 0.276 e. The lowest BCUT2D eigenvalue weighted by molar-refractivity contribution is -0.110. The fraction of sp³-hybridized carbons (Fsp3) is 0.161. The number of amides is 3. The normalized spacial score (nSPS) is 13.2. The van der Waals surface area contributed by atoms with Crippen LogP contribution >= 0.6 is 0 Å². The summed E-state index contributed by atoms with van der Waals surface area (Å²) in [5.74, 6) is -1.03. The number of hydrogen-bond acceptors (Lipinski definition) is 8. The first-order chi connectivity index (χ1) is 21.1. The molecule has 224 valence electrons. The molecule has 13 heteroatoms. The van der Waals surface area contributed by atoms with E-state index in [0.717, 1.165) is 5.56 Å². The Labute approximate surface area is 252 Å². The van der Waals surface area contributed by atoms with Crippen molar-refractivity contribution in [3.63, 3.8) is 0 Å². The minimum atomic E-state index is -0.488. The van der Waals surface area contributed by atoms with Crippen molar-refractivity contribution in [1.82, 2.24) is 15.3 Å². The van der Waals surface area contributed by atoms with Gasteiger partial charge in [-0.3, -0.25) is 14.4 Å². The molecule has 0 fully saturated rings. The summed E-state index contributed by atoms with van der Waals surface area (Å²) in [6, 6.07) is 12.6. The molecule has 0 spiro atoms. The highest BCUT2D eigenvalue weighted by atomic mass is 19.1. The molecule has 0 atom stereocenters. The number of nitrogens with two attached hydrogens (primary N) is 1. The van der Waals surface area contributed by atoms with Crippen LogP contribution in [0, 0.1) is 26.6 Å². The van der Waals surface area contributed by atoms with Gasteiger partial charge in [0.05, 0.1) is 40.1 Å². The molecule has 44 heavy (non-hydrogen) atoms. The summed E-state index contributed by atoms with van der Waals surface area (Å²) in [7, 11) is 0. The van der Waals surface area contributed by atoms with E-state index in [1.54, 1.807) is 38.1 Å². The van der Waals surface area contributed by atoms with Crippen molar-refractivity contribution in [3.8, 4) is 0 Å². The summed E-state index contributed by atoms with van der Waals surface area (Å²) in [4.78, 5) is 45.1. The minimum absolute atomic E-state index is 0.00183. The predicted octanol–water partition coefficient (Wildman–Crippen LogP) is 3.93.